The molecule has 1 saturated heterocycles. The fourth-order valence-electron chi connectivity index (χ4n) is 3.18. The number of hydrogen-bond acceptors (Lipinski definition) is 7. The van der Waals surface area contributed by atoms with E-state index in [1.54, 1.807) is 42.3 Å². The van der Waals surface area contributed by atoms with Crippen molar-refractivity contribution in [3.05, 3.63) is 41.9 Å². The van der Waals surface area contributed by atoms with E-state index in [0.29, 0.717) is 36.1 Å². The second-order valence-electron chi connectivity index (χ2n) is 7.12. The molecule has 9 nitrogen and oxygen atoms in total. The molecule has 0 aliphatic carbocycles. The number of benzene rings is 1. The van der Waals surface area contributed by atoms with Crippen LogP contribution in [0.2, 0.25) is 0 Å². The fourth-order valence-corrected chi connectivity index (χ4v) is 3.18. The third kappa shape index (κ3) is 3.47. The Labute approximate surface area is 162 Å². The number of methoxy groups -OCH3 is 1. The van der Waals surface area contributed by atoms with E-state index in [1.165, 1.54) is 0 Å². The first-order chi connectivity index (χ1) is 13.5. The average Bonchev–Trinajstić information content (AvgIpc) is 3.46. The molecule has 0 bridgehead atoms. The largest absolute Gasteiger partial charge is 0.497 e. The van der Waals surface area contributed by atoms with E-state index >= 15 is 0 Å². The molecule has 1 atom stereocenters. The van der Waals surface area contributed by atoms with Gasteiger partial charge in [-0.05, 0) is 30.7 Å². The molecular weight excluding hydrogens is 360 g/mol. The van der Waals surface area contributed by atoms with Crippen molar-refractivity contribution < 1.29 is 14.1 Å². The lowest BCUT2D eigenvalue weighted by Gasteiger charge is -2.16. The maximum absolute atomic E-state index is 12.7. The summed E-state index contributed by atoms with van der Waals surface area (Å²) in [6.07, 6.45) is 2.61. The van der Waals surface area contributed by atoms with Gasteiger partial charge in [0.25, 0.3) is 11.8 Å². The summed E-state index contributed by atoms with van der Waals surface area (Å²) in [7, 11) is 1.60. The molecular formula is C19H22N6O3. The van der Waals surface area contributed by atoms with Crippen molar-refractivity contribution in [2.24, 2.45) is 0 Å². The van der Waals surface area contributed by atoms with Crippen LogP contribution in [0.1, 0.15) is 48.4 Å². The van der Waals surface area contributed by atoms with Gasteiger partial charge in [0.15, 0.2) is 11.5 Å². The highest BCUT2D eigenvalue weighted by atomic mass is 16.5. The average molecular weight is 382 g/mol. The van der Waals surface area contributed by atoms with Crippen molar-refractivity contribution >= 4 is 5.91 Å². The lowest BCUT2D eigenvalue weighted by Crippen LogP contribution is -2.29. The molecule has 0 saturated carbocycles. The highest BCUT2D eigenvalue weighted by Gasteiger charge is 2.29. The second-order valence-corrected chi connectivity index (χ2v) is 7.12. The van der Waals surface area contributed by atoms with Crippen molar-refractivity contribution in [3.8, 4) is 17.3 Å². The predicted octanol–water partition coefficient (Wildman–Crippen LogP) is 2.55. The number of amides is 1. The van der Waals surface area contributed by atoms with Crippen molar-refractivity contribution in [1.82, 2.24) is 30.0 Å². The van der Waals surface area contributed by atoms with Gasteiger partial charge in [0.05, 0.1) is 19.3 Å². The number of carbonyl (C=O) groups excluding carboxylic acids is 1. The van der Waals surface area contributed by atoms with Crippen molar-refractivity contribution in [1.29, 1.82) is 0 Å². The quantitative estimate of drug-likeness (QED) is 0.668. The van der Waals surface area contributed by atoms with Gasteiger partial charge in [-0.15, -0.1) is 5.10 Å². The highest BCUT2D eigenvalue weighted by Crippen LogP contribution is 2.25. The Morgan fingerprint density at radius 3 is 2.75 bits per heavy atom. The van der Waals surface area contributed by atoms with Gasteiger partial charge in [0.1, 0.15) is 5.75 Å². The first-order valence-corrected chi connectivity index (χ1v) is 9.24. The molecule has 0 radical (unpaired) electrons. The molecule has 1 amide bonds. The minimum absolute atomic E-state index is 0.00367. The summed E-state index contributed by atoms with van der Waals surface area (Å²) in [5, 5.41) is 12.3. The minimum Gasteiger partial charge on any atom is -0.497 e. The van der Waals surface area contributed by atoms with Gasteiger partial charge >= 0.3 is 0 Å². The Bertz CT molecular complexity index is 962. The number of aromatic nitrogens is 5. The molecule has 9 heteroatoms. The van der Waals surface area contributed by atoms with Crippen molar-refractivity contribution in [2.75, 3.05) is 20.2 Å². The molecule has 0 unspecified atom stereocenters. The lowest BCUT2D eigenvalue weighted by atomic mass is 10.2. The van der Waals surface area contributed by atoms with Crippen LogP contribution >= 0.6 is 0 Å². The van der Waals surface area contributed by atoms with Gasteiger partial charge in [0, 0.05) is 24.6 Å². The molecule has 0 spiro atoms. The second kappa shape index (κ2) is 7.41. The molecule has 1 fully saturated rings. The lowest BCUT2D eigenvalue weighted by molar-refractivity contribution is 0.0787. The first-order valence-electron chi connectivity index (χ1n) is 9.24. The third-order valence-corrected chi connectivity index (χ3v) is 4.85. The van der Waals surface area contributed by atoms with E-state index in [-0.39, 0.29) is 17.9 Å². The number of likely N-dealkylation sites (tertiary alicyclic amines) is 1. The molecule has 1 aromatic carbocycles. The van der Waals surface area contributed by atoms with Crippen LogP contribution in [0.4, 0.5) is 0 Å². The summed E-state index contributed by atoms with van der Waals surface area (Å²) in [4.78, 5) is 18.9. The van der Waals surface area contributed by atoms with Crippen LogP contribution in [0.15, 0.2) is 35.0 Å². The molecule has 28 heavy (non-hydrogen) atoms. The smallest absolute Gasteiger partial charge is 0.280 e. The molecule has 1 aliphatic rings. The van der Waals surface area contributed by atoms with Crippen molar-refractivity contribution in [2.45, 2.75) is 32.2 Å². The minimum atomic E-state index is 0.00367. The molecule has 0 N–H and O–H groups in total. The van der Waals surface area contributed by atoms with Crippen LogP contribution in [-0.4, -0.2) is 56.1 Å². The number of ether oxygens (including phenoxy) is 1. The number of carbonyl (C=O) groups is 1. The Morgan fingerprint density at radius 2 is 2.07 bits per heavy atom. The molecule has 2 aromatic heterocycles. The maximum atomic E-state index is 12.7. The zero-order valence-electron chi connectivity index (χ0n) is 16.1. The van der Waals surface area contributed by atoms with Crippen LogP contribution in [0.25, 0.3) is 11.6 Å². The topological polar surface area (TPSA) is 99.2 Å². The van der Waals surface area contributed by atoms with E-state index in [0.717, 1.165) is 12.2 Å². The molecule has 1 aliphatic heterocycles. The monoisotopic (exact) mass is 382 g/mol. The van der Waals surface area contributed by atoms with E-state index in [4.69, 9.17) is 9.26 Å². The summed E-state index contributed by atoms with van der Waals surface area (Å²) in [5.74, 6) is 1.91. The van der Waals surface area contributed by atoms with Gasteiger partial charge in [-0.3, -0.25) is 4.79 Å². The van der Waals surface area contributed by atoms with Gasteiger partial charge < -0.3 is 14.2 Å². The third-order valence-electron chi connectivity index (χ3n) is 4.85. The van der Waals surface area contributed by atoms with Crippen LogP contribution in [0.5, 0.6) is 5.75 Å². The molecule has 4 rings (SSSR count). The summed E-state index contributed by atoms with van der Waals surface area (Å²) in [6.45, 7) is 5.24. The maximum Gasteiger partial charge on any atom is 0.280 e. The molecule has 3 heterocycles. The first kappa shape index (κ1) is 18.1. The highest BCUT2D eigenvalue weighted by molar-refractivity contribution is 5.94. The van der Waals surface area contributed by atoms with Crippen molar-refractivity contribution in [3.63, 3.8) is 0 Å². The standard InChI is InChI=1S/C19H22N6O3/c1-12(2)17-20-18(28-22-17)16-11-25(23-21-16)14-8-9-24(10-14)19(26)13-4-6-15(27-3)7-5-13/h4-7,11-12,14H,8-10H2,1-3H3/t14-/m0/s1. The van der Waals surface area contributed by atoms with Gasteiger partial charge in [-0.25, -0.2) is 4.68 Å². The van der Waals surface area contributed by atoms with Gasteiger partial charge in [0.2, 0.25) is 0 Å². The Morgan fingerprint density at radius 1 is 1.29 bits per heavy atom. The van der Waals surface area contributed by atoms with Crippen LogP contribution in [0, 0.1) is 0 Å². The zero-order chi connectivity index (χ0) is 19.7. The van der Waals surface area contributed by atoms with Gasteiger partial charge in [-0.1, -0.05) is 24.2 Å². The summed E-state index contributed by atoms with van der Waals surface area (Å²) >= 11 is 0. The van der Waals surface area contributed by atoms with E-state index in [9.17, 15) is 4.79 Å². The van der Waals surface area contributed by atoms with E-state index in [1.807, 2.05) is 18.7 Å². The van der Waals surface area contributed by atoms with Gasteiger partial charge in [-0.2, -0.15) is 4.98 Å². The fraction of sp³-hybridized carbons (Fsp3) is 0.421. The number of rotatable bonds is 5. The molecule has 146 valence electrons. The predicted molar refractivity (Wildman–Crippen MR) is 100.0 cm³/mol. The molecule has 3 aromatic rings. The van der Waals surface area contributed by atoms with E-state index < -0.39 is 0 Å². The number of hydrogen-bond donors (Lipinski definition) is 0. The SMILES string of the molecule is COc1ccc(C(=O)N2CC[C@H](n3cc(-c4nc(C(C)C)no4)nn3)C2)cc1. The summed E-state index contributed by atoms with van der Waals surface area (Å²) in [5.41, 5.74) is 1.19. The van der Waals surface area contributed by atoms with Crippen LogP contribution < -0.4 is 4.74 Å². The Balaban J connectivity index is 1.44. The summed E-state index contributed by atoms with van der Waals surface area (Å²) in [6, 6.07) is 7.21. The van der Waals surface area contributed by atoms with Crippen LogP contribution in [0.3, 0.4) is 0 Å². The zero-order valence-corrected chi connectivity index (χ0v) is 16.1. The number of nitrogens with zero attached hydrogens (tertiary/aromatic N) is 6. The summed E-state index contributed by atoms with van der Waals surface area (Å²) < 4.78 is 12.2. The van der Waals surface area contributed by atoms with Crippen LogP contribution in [-0.2, 0) is 0 Å². The Hall–Kier alpha value is -3.23. The Kier molecular flexibility index (Phi) is 4.81. The normalized spacial score (nSPS) is 16.7. The van der Waals surface area contributed by atoms with E-state index in [2.05, 4.69) is 20.5 Å².